The molecule has 0 saturated heterocycles. The summed E-state index contributed by atoms with van der Waals surface area (Å²) in [5.41, 5.74) is 0. The van der Waals surface area contributed by atoms with E-state index in [0.29, 0.717) is 4.88 Å². The number of nitriles is 1. The maximum Gasteiger partial charge on any atom is 0.348 e. The van der Waals surface area contributed by atoms with Crippen LogP contribution in [0.5, 0.6) is 0 Å². The van der Waals surface area contributed by atoms with Crippen LogP contribution >= 0.6 is 11.3 Å². The summed E-state index contributed by atoms with van der Waals surface area (Å²) in [5.74, 6) is -0.902. The van der Waals surface area contributed by atoms with Gasteiger partial charge in [-0.15, -0.1) is 11.3 Å². The van der Waals surface area contributed by atoms with Crippen LogP contribution < -0.4 is 5.32 Å². The van der Waals surface area contributed by atoms with Gasteiger partial charge in [-0.2, -0.15) is 5.26 Å². The molecule has 6 heteroatoms. The molecular formula is C11H12N2O3S. The minimum atomic E-state index is -0.501. The highest BCUT2D eigenvalue weighted by Gasteiger charge is 2.11. The number of nitrogens with zero attached hydrogens (tertiary/aromatic N) is 1. The molecule has 0 saturated carbocycles. The molecule has 1 heterocycles. The molecule has 0 aromatic carbocycles. The normalized spacial score (nSPS) is 9.41. The standard InChI is InChI=1S/C11H12N2O3S/c1-8-3-4-9(17-8)11(15)16-7-10(14)13-6-2-5-12/h3-4H,2,6-7H2,1H3,(H,13,14). The third-order valence-corrected chi connectivity index (χ3v) is 2.82. The average Bonchev–Trinajstić information content (AvgIpc) is 2.73. The van der Waals surface area contributed by atoms with Crippen molar-refractivity contribution < 1.29 is 14.3 Å². The number of rotatable bonds is 5. The zero-order valence-corrected chi connectivity index (χ0v) is 10.2. The first-order chi connectivity index (χ1) is 8.13. The Bertz CT molecular complexity index is 448. The van der Waals surface area contributed by atoms with Crippen molar-refractivity contribution in [2.45, 2.75) is 13.3 Å². The molecule has 0 aliphatic heterocycles. The van der Waals surface area contributed by atoms with Crippen molar-refractivity contribution in [3.63, 3.8) is 0 Å². The molecule has 0 fully saturated rings. The summed E-state index contributed by atoms with van der Waals surface area (Å²) in [6, 6.07) is 5.37. The number of carbonyl (C=O) groups excluding carboxylic acids is 2. The van der Waals surface area contributed by atoms with Gasteiger partial charge in [0.1, 0.15) is 4.88 Å². The van der Waals surface area contributed by atoms with Crippen LogP contribution in [0.1, 0.15) is 21.0 Å². The minimum absolute atomic E-state index is 0.240. The van der Waals surface area contributed by atoms with Crippen LogP contribution in [0.2, 0.25) is 0 Å². The second-order valence-electron chi connectivity index (χ2n) is 3.24. The molecule has 0 radical (unpaired) electrons. The molecule has 0 aliphatic rings. The van der Waals surface area contributed by atoms with E-state index >= 15 is 0 Å². The highest BCUT2D eigenvalue weighted by molar-refractivity contribution is 7.13. The van der Waals surface area contributed by atoms with Gasteiger partial charge in [0, 0.05) is 11.4 Å². The zero-order valence-electron chi connectivity index (χ0n) is 9.36. The number of hydrogen-bond donors (Lipinski definition) is 1. The first-order valence-electron chi connectivity index (χ1n) is 5.00. The van der Waals surface area contributed by atoms with Gasteiger partial charge < -0.3 is 10.1 Å². The number of esters is 1. The Morgan fingerprint density at radius 2 is 2.29 bits per heavy atom. The summed E-state index contributed by atoms with van der Waals surface area (Å²) in [7, 11) is 0. The molecule has 0 aliphatic carbocycles. The van der Waals surface area contributed by atoms with Gasteiger partial charge in [0.25, 0.3) is 5.91 Å². The van der Waals surface area contributed by atoms with Gasteiger partial charge in [-0.25, -0.2) is 4.79 Å². The highest BCUT2D eigenvalue weighted by atomic mass is 32.1. The lowest BCUT2D eigenvalue weighted by molar-refractivity contribution is -0.124. The van der Waals surface area contributed by atoms with E-state index in [1.54, 1.807) is 6.07 Å². The largest absolute Gasteiger partial charge is 0.451 e. The van der Waals surface area contributed by atoms with E-state index < -0.39 is 11.9 Å². The van der Waals surface area contributed by atoms with Crippen LogP contribution in [-0.2, 0) is 9.53 Å². The fourth-order valence-electron chi connectivity index (χ4n) is 1.06. The molecule has 5 nitrogen and oxygen atoms in total. The number of ether oxygens (including phenoxy) is 1. The topological polar surface area (TPSA) is 79.2 Å². The molecule has 1 amide bonds. The third kappa shape index (κ3) is 4.66. The van der Waals surface area contributed by atoms with E-state index in [1.807, 2.05) is 19.1 Å². The zero-order chi connectivity index (χ0) is 12.7. The molecule has 1 N–H and O–H groups in total. The number of aryl methyl sites for hydroxylation is 1. The monoisotopic (exact) mass is 252 g/mol. The Morgan fingerprint density at radius 1 is 1.53 bits per heavy atom. The second kappa shape index (κ2) is 6.66. The number of thiophene rings is 1. The van der Waals surface area contributed by atoms with Crippen molar-refractivity contribution in [2.75, 3.05) is 13.2 Å². The maximum absolute atomic E-state index is 11.4. The quantitative estimate of drug-likeness (QED) is 0.631. The highest BCUT2D eigenvalue weighted by Crippen LogP contribution is 2.15. The van der Waals surface area contributed by atoms with E-state index in [1.165, 1.54) is 11.3 Å². The predicted molar refractivity (Wildman–Crippen MR) is 62.6 cm³/mol. The van der Waals surface area contributed by atoms with E-state index in [0.717, 1.165) is 4.88 Å². The lowest BCUT2D eigenvalue weighted by Crippen LogP contribution is -2.29. The van der Waals surface area contributed by atoms with Crippen LogP contribution in [0.3, 0.4) is 0 Å². The summed E-state index contributed by atoms with van der Waals surface area (Å²) in [4.78, 5) is 24.1. The predicted octanol–water partition coefficient (Wildman–Crippen LogP) is 1.24. The second-order valence-corrected chi connectivity index (χ2v) is 4.53. The molecule has 90 valence electrons. The molecular weight excluding hydrogens is 240 g/mol. The number of amides is 1. The Hall–Kier alpha value is -1.87. The fraction of sp³-hybridized carbons (Fsp3) is 0.364. The first kappa shape index (κ1) is 13.2. The maximum atomic E-state index is 11.4. The summed E-state index contributed by atoms with van der Waals surface area (Å²) in [5, 5.41) is 10.7. The number of carbonyl (C=O) groups is 2. The Labute approximate surface area is 103 Å². The molecule has 0 bridgehead atoms. The van der Waals surface area contributed by atoms with Crippen molar-refractivity contribution in [3.8, 4) is 6.07 Å². The lowest BCUT2D eigenvalue weighted by Gasteiger charge is -2.03. The lowest BCUT2D eigenvalue weighted by atomic mass is 10.4. The fourth-order valence-corrected chi connectivity index (χ4v) is 1.82. The molecule has 0 spiro atoms. The van der Waals surface area contributed by atoms with E-state index in [-0.39, 0.29) is 19.6 Å². The van der Waals surface area contributed by atoms with E-state index in [9.17, 15) is 9.59 Å². The molecule has 0 unspecified atom stereocenters. The molecule has 0 atom stereocenters. The van der Waals surface area contributed by atoms with Gasteiger partial charge in [-0.3, -0.25) is 4.79 Å². The molecule has 1 aromatic heterocycles. The average molecular weight is 252 g/mol. The molecule has 17 heavy (non-hydrogen) atoms. The van der Waals surface area contributed by atoms with Crippen molar-refractivity contribution in [2.24, 2.45) is 0 Å². The van der Waals surface area contributed by atoms with E-state index in [4.69, 9.17) is 10.00 Å². The van der Waals surface area contributed by atoms with Crippen molar-refractivity contribution >= 4 is 23.2 Å². The summed E-state index contributed by atoms with van der Waals surface area (Å²) in [6.45, 7) is 1.84. The van der Waals surface area contributed by atoms with Crippen LogP contribution in [0, 0.1) is 18.3 Å². The molecule has 1 aromatic rings. The van der Waals surface area contributed by atoms with Gasteiger partial charge in [0.05, 0.1) is 12.5 Å². The summed E-state index contributed by atoms with van der Waals surface area (Å²) < 4.78 is 4.81. The van der Waals surface area contributed by atoms with Crippen LogP contribution in [0.15, 0.2) is 12.1 Å². The Balaban J connectivity index is 2.29. The number of hydrogen-bond acceptors (Lipinski definition) is 5. The molecule has 1 rings (SSSR count). The Kier molecular flexibility index (Phi) is 5.17. The van der Waals surface area contributed by atoms with Gasteiger partial charge in [-0.1, -0.05) is 0 Å². The van der Waals surface area contributed by atoms with E-state index in [2.05, 4.69) is 5.32 Å². The first-order valence-corrected chi connectivity index (χ1v) is 5.82. The van der Waals surface area contributed by atoms with Crippen LogP contribution in [-0.4, -0.2) is 25.0 Å². The van der Waals surface area contributed by atoms with Gasteiger partial charge >= 0.3 is 5.97 Å². The van der Waals surface area contributed by atoms with Crippen molar-refractivity contribution in [1.29, 1.82) is 5.26 Å². The van der Waals surface area contributed by atoms with Crippen LogP contribution in [0.4, 0.5) is 0 Å². The smallest absolute Gasteiger partial charge is 0.348 e. The van der Waals surface area contributed by atoms with Crippen molar-refractivity contribution in [1.82, 2.24) is 5.32 Å². The minimum Gasteiger partial charge on any atom is -0.451 e. The van der Waals surface area contributed by atoms with Gasteiger partial charge in [0.15, 0.2) is 6.61 Å². The van der Waals surface area contributed by atoms with Crippen molar-refractivity contribution in [3.05, 3.63) is 21.9 Å². The van der Waals surface area contributed by atoms with Gasteiger partial charge in [-0.05, 0) is 19.1 Å². The SMILES string of the molecule is Cc1ccc(C(=O)OCC(=O)NCCC#N)s1. The third-order valence-electron chi connectivity index (χ3n) is 1.83. The Morgan fingerprint density at radius 3 is 2.88 bits per heavy atom. The van der Waals surface area contributed by atoms with Crippen LogP contribution in [0.25, 0.3) is 0 Å². The van der Waals surface area contributed by atoms with Gasteiger partial charge in [0.2, 0.25) is 0 Å². The summed E-state index contributed by atoms with van der Waals surface area (Å²) >= 11 is 1.32. The number of nitrogens with one attached hydrogen (secondary N) is 1. The summed E-state index contributed by atoms with van der Waals surface area (Å²) in [6.07, 6.45) is 0.240.